The van der Waals surface area contributed by atoms with Crippen LogP contribution in [0.2, 0.25) is 0 Å². The summed E-state index contributed by atoms with van der Waals surface area (Å²) in [5.74, 6) is -0.516. The molecular weight excluding hydrogens is 262 g/mol. The highest BCUT2D eigenvalue weighted by atomic mass is 32.2. The summed E-state index contributed by atoms with van der Waals surface area (Å²) >= 11 is 1.62. The first-order valence-corrected chi connectivity index (χ1v) is 8.08. The van der Waals surface area contributed by atoms with Gasteiger partial charge in [-0.3, -0.25) is 14.3 Å². The average molecular weight is 289 g/mol. The zero-order valence-electron chi connectivity index (χ0n) is 12.3. The van der Waals surface area contributed by atoms with Crippen molar-refractivity contribution >= 4 is 23.8 Å². The van der Waals surface area contributed by atoms with Gasteiger partial charge in [0.15, 0.2) is 0 Å². The number of primary amides is 1. The number of unbranched alkanes of at least 4 members (excludes halogenated alkanes) is 2. The van der Waals surface area contributed by atoms with Crippen LogP contribution in [-0.4, -0.2) is 42.6 Å². The molecule has 3 N–H and O–H groups in total. The van der Waals surface area contributed by atoms with E-state index in [1.807, 2.05) is 13.2 Å². The second-order valence-corrected chi connectivity index (χ2v) is 5.34. The molecule has 0 aromatic carbocycles. The van der Waals surface area contributed by atoms with Gasteiger partial charge in [-0.25, -0.2) is 0 Å². The Hall–Kier alpha value is -0.750. The van der Waals surface area contributed by atoms with Crippen molar-refractivity contribution in [2.45, 2.75) is 39.5 Å². The third-order valence-electron chi connectivity index (χ3n) is 3.03. The van der Waals surface area contributed by atoms with Crippen molar-refractivity contribution in [3.63, 3.8) is 0 Å². The molecule has 0 radical (unpaired) electrons. The Morgan fingerprint density at radius 1 is 1.32 bits per heavy atom. The maximum atomic E-state index is 12.0. The third-order valence-corrected chi connectivity index (χ3v) is 3.52. The first kappa shape index (κ1) is 18.2. The molecule has 6 heteroatoms. The molecule has 112 valence electrons. The predicted octanol–water partition coefficient (Wildman–Crippen LogP) is 1.38. The molecule has 0 heterocycles. The van der Waals surface area contributed by atoms with E-state index >= 15 is 0 Å². The lowest BCUT2D eigenvalue weighted by Gasteiger charge is -2.23. The van der Waals surface area contributed by atoms with E-state index in [0.29, 0.717) is 19.5 Å². The number of hydrogen-bond acceptors (Lipinski definition) is 4. The zero-order chi connectivity index (χ0) is 14.7. The van der Waals surface area contributed by atoms with Crippen LogP contribution in [0, 0.1) is 5.92 Å². The summed E-state index contributed by atoms with van der Waals surface area (Å²) in [6.07, 6.45) is 5.58. The number of carbonyl (C=O) groups excluding carboxylic acids is 2. The van der Waals surface area contributed by atoms with Gasteiger partial charge in [0.25, 0.3) is 0 Å². The summed E-state index contributed by atoms with van der Waals surface area (Å²) < 4.78 is 3.18. The van der Waals surface area contributed by atoms with Crippen LogP contribution in [0.25, 0.3) is 0 Å². The monoisotopic (exact) mass is 289 g/mol. The number of amides is 2. The lowest BCUT2D eigenvalue weighted by Crippen LogP contribution is -2.38. The third kappa shape index (κ3) is 8.88. The highest BCUT2D eigenvalue weighted by Gasteiger charge is 2.17. The zero-order valence-corrected chi connectivity index (χ0v) is 13.1. The van der Waals surface area contributed by atoms with Gasteiger partial charge in [0, 0.05) is 26.1 Å². The fourth-order valence-corrected chi connectivity index (χ4v) is 2.09. The summed E-state index contributed by atoms with van der Waals surface area (Å²) in [6.45, 7) is 5.72. The molecule has 0 aliphatic rings. The lowest BCUT2D eigenvalue weighted by atomic mass is 10.1. The van der Waals surface area contributed by atoms with Crippen LogP contribution in [0.15, 0.2) is 0 Å². The van der Waals surface area contributed by atoms with Crippen molar-refractivity contribution < 1.29 is 9.59 Å². The van der Waals surface area contributed by atoms with E-state index in [1.165, 1.54) is 0 Å². The van der Waals surface area contributed by atoms with E-state index in [1.54, 1.807) is 23.8 Å². The maximum Gasteiger partial charge on any atom is 0.222 e. The second-order valence-electron chi connectivity index (χ2n) is 4.64. The quantitative estimate of drug-likeness (QED) is 0.445. The summed E-state index contributed by atoms with van der Waals surface area (Å²) in [5, 5.41) is 0. The van der Waals surface area contributed by atoms with Crippen molar-refractivity contribution in [1.29, 1.82) is 0 Å². The van der Waals surface area contributed by atoms with E-state index in [4.69, 9.17) is 5.73 Å². The SMILES string of the molecule is CCN(C[C@@H](C)C(N)=O)C(=O)CCCCCNSC. The van der Waals surface area contributed by atoms with Gasteiger partial charge in [-0.1, -0.05) is 25.3 Å². The van der Waals surface area contributed by atoms with Crippen LogP contribution in [0.3, 0.4) is 0 Å². The number of nitrogens with zero attached hydrogens (tertiary/aromatic N) is 1. The lowest BCUT2D eigenvalue weighted by molar-refractivity contribution is -0.132. The molecule has 5 nitrogen and oxygen atoms in total. The molecule has 0 spiro atoms. The van der Waals surface area contributed by atoms with Crippen LogP contribution in [0.4, 0.5) is 0 Å². The predicted molar refractivity (Wildman–Crippen MR) is 80.6 cm³/mol. The minimum atomic E-state index is -0.352. The Morgan fingerprint density at radius 2 is 2.00 bits per heavy atom. The molecule has 19 heavy (non-hydrogen) atoms. The smallest absolute Gasteiger partial charge is 0.222 e. The molecule has 0 bridgehead atoms. The minimum Gasteiger partial charge on any atom is -0.369 e. The number of hydrogen-bond donors (Lipinski definition) is 2. The second kappa shape index (κ2) is 11.1. The van der Waals surface area contributed by atoms with Crippen molar-refractivity contribution in [3.05, 3.63) is 0 Å². The summed E-state index contributed by atoms with van der Waals surface area (Å²) in [4.78, 5) is 24.7. The Labute approximate surface area is 120 Å². The Balaban J connectivity index is 3.85. The molecule has 0 fully saturated rings. The molecule has 0 aliphatic carbocycles. The fraction of sp³-hybridized carbons (Fsp3) is 0.846. The first-order chi connectivity index (χ1) is 9.02. The molecule has 0 aromatic heterocycles. The largest absolute Gasteiger partial charge is 0.369 e. The average Bonchev–Trinajstić information content (AvgIpc) is 2.39. The highest BCUT2D eigenvalue weighted by molar-refractivity contribution is 7.96. The Morgan fingerprint density at radius 3 is 2.53 bits per heavy atom. The molecule has 0 rings (SSSR count). The van der Waals surface area contributed by atoms with Crippen LogP contribution in [0.1, 0.15) is 39.5 Å². The van der Waals surface area contributed by atoms with E-state index < -0.39 is 0 Å². The number of nitrogens with two attached hydrogens (primary N) is 1. The molecule has 0 aromatic rings. The number of carbonyl (C=O) groups is 2. The van der Waals surface area contributed by atoms with Gasteiger partial charge in [0.1, 0.15) is 0 Å². The molecule has 0 aliphatic heterocycles. The number of rotatable bonds is 11. The molecular formula is C13H27N3O2S. The highest BCUT2D eigenvalue weighted by Crippen LogP contribution is 2.06. The van der Waals surface area contributed by atoms with Crippen LogP contribution in [0.5, 0.6) is 0 Å². The van der Waals surface area contributed by atoms with Gasteiger partial charge in [0.05, 0.1) is 5.92 Å². The molecule has 2 amide bonds. The van der Waals surface area contributed by atoms with Gasteiger partial charge in [-0.15, -0.1) is 0 Å². The van der Waals surface area contributed by atoms with Gasteiger partial charge in [0.2, 0.25) is 11.8 Å². The van der Waals surface area contributed by atoms with Gasteiger partial charge in [-0.05, 0) is 26.0 Å². The van der Waals surface area contributed by atoms with E-state index in [2.05, 4.69) is 4.72 Å². The Kier molecular flexibility index (Phi) is 10.7. The van der Waals surface area contributed by atoms with E-state index in [9.17, 15) is 9.59 Å². The van der Waals surface area contributed by atoms with Crippen molar-refractivity contribution in [1.82, 2.24) is 9.62 Å². The normalized spacial score (nSPS) is 12.2. The Bertz CT molecular complexity index is 275. The summed E-state index contributed by atoms with van der Waals surface area (Å²) in [6, 6.07) is 0. The van der Waals surface area contributed by atoms with Gasteiger partial charge < -0.3 is 10.6 Å². The van der Waals surface area contributed by atoms with E-state index in [-0.39, 0.29) is 17.7 Å². The van der Waals surface area contributed by atoms with Gasteiger partial charge in [-0.2, -0.15) is 0 Å². The molecule has 1 atom stereocenters. The minimum absolute atomic E-state index is 0.119. The maximum absolute atomic E-state index is 12.0. The van der Waals surface area contributed by atoms with Crippen LogP contribution >= 0.6 is 11.9 Å². The molecule has 0 unspecified atom stereocenters. The van der Waals surface area contributed by atoms with Crippen molar-refractivity contribution in [2.24, 2.45) is 11.7 Å². The summed E-state index contributed by atoms with van der Waals surface area (Å²) in [7, 11) is 0. The molecule has 0 saturated carbocycles. The standard InChI is InChI=1S/C13H27N3O2S/c1-4-16(10-11(2)13(14)18)12(17)8-6-5-7-9-15-19-3/h11,15H,4-10H2,1-3H3,(H2,14,18)/t11-/m1/s1. The van der Waals surface area contributed by atoms with E-state index in [0.717, 1.165) is 25.8 Å². The topological polar surface area (TPSA) is 75.4 Å². The summed E-state index contributed by atoms with van der Waals surface area (Å²) in [5.41, 5.74) is 5.22. The number of nitrogens with one attached hydrogen (secondary N) is 1. The van der Waals surface area contributed by atoms with Crippen LogP contribution < -0.4 is 10.5 Å². The fourth-order valence-electron chi connectivity index (χ4n) is 1.74. The first-order valence-electron chi connectivity index (χ1n) is 6.85. The van der Waals surface area contributed by atoms with Crippen molar-refractivity contribution in [3.8, 4) is 0 Å². The molecule has 0 saturated heterocycles. The van der Waals surface area contributed by atoms with Crippen LogP contribution in [-0.2, 0) is 9.59 Å². The van der Waals surface area contributed by atoms with Crippen molar-refractivity contribution in [2.75, 3.05) is 25.9 Å². The van der Waals surface area contributed by atoms with Gasteiger partial charge >= 0.3 is 0 Å².